The average Bonchev–Trinajstić information content (AvgIpc) is 3.24. The fourth-order valence-electron chi connectivity index (χ4n) is 9.44. The number of unbranched alkanes of at least 4 members (excludes halogenated alkanes) is 27. The summed E-state index contributed by atoms with van der Waals surface area (Å²) < 4.78 is 12.7. The van der Waals surface area contributed by atoms with Crippen LogP contribution >= 0.6 is 0 Å². The molecule has 0 saturated carbocycles. The first kappa shape index (κ1) is 50.5. The molecule has 3 rings (SSSR count). The second-order valence-corrected chi connectivity index (χ2v) is 18.2. The largest absolute Gasteiger partial charge is 0.494 e. The molecule has 1 aliphatic rings. The Hall–Kier alpha value is -2.82. The van der Waals surface area contributed by atoms with E-state index in [1.54, 1.807) is 0 Å². The Balaban J connectivity index is 1.54. The van der Waals surface area contributed by atoms with Gasteiger partial charge < -0.3 is 14.6 Å². The topological polar surface area (TPSA) is 72.8 Å². The number of aliphatic carboxylic acids is 1. The van der Waals surface area contributed by atoms with Crippen molar-refractivity contribution >= 4 is 11.9 Å². The number of carboxylic acids is 1. The Morgan fingerprint density at radius 1 is 0.576 bits per heavy atom. The Kier molecular flexibility index (Phi) is 27.4. The average molecular weight is 817 g/mol. The van der Waals surface area contributed by atoms with E-state index in [9.17, 15) is 14.7 Å². The first-order valence-corrected chi connectivity index (χ1v) is 25.2. The second-order valence-electron chi connectivity index (χ2n) is 18.2. The van der Waals surface area contributed by atoms with Crippen molar-refractivity contribution in [1.82, 2.24) is 0 Å². The van der Waals surface area contributed by atoms with Crippen LogP contribution < -0.4 is 4.74 Å². The summed E-state index contributed by atoms with van der Waals surface area (Å²) >= 11 is 0. The van der Waals surface area contributed by atoms with Gasteiger partial charge in [-0.25, -0.2) is 0 Å². The van der Waals surface area contributed by atoms with Crippen LogP contribution in [0.3, 0.4) is 0 Å². The fourth-order valence-corrected chi connectivity index (χ4v) is 9.44. The van der Waals surface area contributed by atoms with Crippen molar-refractivity contribution in [1.29, 1.82) is 0 Å². The molecule has 59 heavy (non-hydrogen) atoms. The Morgan fingerprint density at radius 2 is 0.983 bits per heavy atom. The smallest absolute Gasteiger partial charge is 0.314 e. The normalized spacial score (nSPS) is 16.3. The number of hydrogen-bond acceptors (Lipinski definition) is 4. The van der Waals surface area contributed by atoms with Crippen molar-refractivity contribution in [2.45, 2.75) is 244 Å². The van der Waals surface area contributed by atoms with Crippen molar-refractivity contribution in [2.75, 3.05) is 6.61 Å². The molecule has 5 heteroatoms. The summed E-state index contributed by atoms with van der Waals surface area (Å²) in [5.74, 6) is -1.58. The molecule has 0 bridgehead atoms. The highest BCUT2D eigenvalue weighted by molar-refractivity contribution is 5.86. The standard InChI is InChI=1S/C54H88O5/c1-4-7-10-13-16-19-20-21-22-23-24-27-30-35-44-58-47-40-38-46(39-41-47)48-36-31-32-37-49(48)50-45-51(52(55)56)54(59-53(50)57,42-33-28-25-17-14-11-8-5-2)43-34-29-26-18-15-12-9-6-3/h31-32,36-41,50-51H,4-30,33-35,42-45H2,1-3H3,(H,55,56)/t50?,51-/m1/s1. The van der Waals surface area contributed by atoms with Crippen LogP contribution in [-0.2, 0) is 14.3 Å². The highest BCUT2D eigenvalue weighted by Gasteiger charge is 2.52. The lowest BCUT2D eigenvalue weighted by Crippen LogP contribution is -2.52. The molecule has 1 aliphatic heterocycles. The maximum Gasteiger partial charge on any atom is 0.314 e. The van der Waals surface area contributed by atoms with Crippen molar-refractivity contribution in [2.24, 2.45) is 5.92 Å². The predicted octanol–water partition coefficient (Wildman–Crippen LogP) is 16.7. The number of carbonyl (C=O) groups excluding carboxylic acids is 1. The van der Waals surface area contributed by atoms with E-state index in [4.69, 9.17) is 9.47 Å². The SMILES string of the molecule is CCCCCCCCCCCCCCCCOc1ccc(-c2ccccc2C2C[C@H](C(=O)O)C(CCCCCCCCCC)(CCCCCCCCCC)OC2=O)cc1. The lowest BCUT2D eigenvalue weighted by atomic mass is 9.70. The highest BCUT2D eigenvalue weighted by atomic mass is 16.6. The molecule has 334 valence electrons. The summed E-state index contributed by atoms with van der Waals surface area (Å²) in [7, 11) is 0. The monoisotopic (exact) mass is 817 g/mol. The minimum Gasteiger partial charge on any atom is -0.494 e. The van der Waals surface area contributed by atoms with E-state index in [1.165, 1.54) is 148 Å². The molecule has 2 atom stereocenters. The van der Waals surface area contributed by atoms with Gasteiger partial charge in [-0.15, -0.1) is 0 Å². The Labute approximate surface area is 362 Å². The molecule has 0 aromatic heterocycles. The summed E-state index contributed by atoms with van der Waals surface area (Å²) in [5, 5.41) is 10.8. The number of esters is 1. The molecule has 1 heterocycles. The third-order valence-electron chi connectivity index (χ3n) is 13.2. The first-order chi connectivity index (χ1) is 29.0. The van der Waals surface area contributed by atoms with Crippen molar-refractivity contribution in [3.8, 4) is 16.9 Å². The summed E-state index contributed by atoms with van der Waals surface area (Å²) in [6.07, 6.45) is 39.2. The van der Waals surface area contributed by atoms with Crippen LogP contribution in [0.4, 0.5) is 0 Å². The Morgan fingerprint density at radius 3 is 1.42 bits per heavy atom. The molecule has 1 fully saturated rings. The van der Waals surface area contributed by atoms with Gasteiger partial charge in [0.05, 0.1) is 18.4 Å². The molecular formula is C54H88O5. The van der Waals surface area contributed by atoms with E-state index in [2.05, 4.69) is 32.9 Å². The number of rotatable bonds is 37. The molecule has 0 amide bonds. The summed E-state index contributed by atoms with van der Waals surface area (Å²) in [5.41, 5.74) is 1.87. The zero-order valence-electron chi connectivity index (χ0n) is 38.4. The summed E-state index contributed by atoms with van der Waals surface area (Å²) in [4.78, 5) is 27.3. The van der Waals surface area contributed by atoms with Crippen LogP contribution in [0.15, 0.2) is 48.5 Å². The predicted molar refractivity (Wildman–Crippen MR) is 249 cm³/mol. The molecule has 2 aromatic rings. The molecule has 1 unspecified atom stereocenters. The van der Waals surface area contributed by atoms with Gasteiger partial charge >= 0.3 is 11.9 Å². The van der Waals surface area contributed by atoms with E-state index in [0.717, 1.165) is 74.0 Å². The van der Waals surface area contributed by atoms with E-state index in [1.807, 2.05) is 36.4 Å². The van der Waals surface area contributed by atoms with Crippen LogP contribution in [0.25, 0.3) is 11.1 Å². The number of carbonyl (C=O) groups is 2. The zero-order chi connectivity index (χ0) is 42.2. The number of ether oxygens (including phenoxy) is 2. The minimum atomic E-state index is -0.940. The van der Waals surface area contributed by atoms with Gasteiger partial charge in [-0.05, 0) is 67.3 Å². The molecule has 0 radical (unpaired) electrons. The highest BCUT2D eigenvalue weighted by Crippen LogP contribution is 2.47. The zero-order valence-corrected chi connectivity index (χ0v) is 38.4. The van der Waals surface area contributed by atoms with Gasteiger partial charge in [-0.1, -0.05) is 231 Å². The number of hydrogen-bond donors (Lipinski definition) is 1. The lowest BCUT2D eigenvalue weighted by Gasteiger charge is -2.44. The maximum atomic E-state index is 14.2. The van der Waals surface area contributed by atoms with Crippen LogP contribution in [0, 0.1) is 5.92 Å². The minimum absolute atomic E-state index is 0.262. The quantitative estimate of drug-likeness (QED) is 0.0543. The number of carboxylic acid groups (broad SMARTS) is 1. The molecular weight excluding hydrogens is 729 g/mol. The third kappa shape index (κ3) is 20.1. The van der Waals surface area contributed by atoms with Crippen LogP contribution in [-0.4, -0.2) is 29.3 Å². The van der Waals surface area contributed by atoms with Gasteiger partial charge in [0.2, 0.25) is 0 Å². The van der Waals surface area contributed by atoms with E-state index < -0.39 is 23.4 Å². The van der Waals surface area contributed by atoms with Crippen LogP contribution in [0.2, 0.25) is 0 Å². The third-order valence-corrected chi connectivity index (χ3v) is 13.2. The molecule has 1 N–H and O–H groups in total. The molecule has 0 aliphatic carbocycles. The molecule has 2 aromatic carbocycles. The maximum absolute atomic E-state index is 14.2. The second kappa shape index (κ2) is 32.0. The van der Waals surface area contributed by atoms with E-state index >= 15 is 0 Å². The van der Waals surface area contributed by atoms with Gasteiger partial charge in [0, 0.05) is 0 Å². The van der Waals surface area contributed by atoms with E-state index in [-0.39, 0.29) is 12.4 Å². The lowest BCUT2D eigenvalue weighted by molar-refractivity contribution is -0.190. The van der Waals surface area contributed by atoms with Gasteiger partial charge in [-0.2, -0.15) is 0 Å². The van der Waals surface area contributed by atoms with E-state index in [0.29, 0.717) is 12.8 Å². The van der Waals surface area contributed by atoms with Crippen molar-refractivity contribution in [3.63, 3.8) is 0 Å². The van der Waals surface area contributed by atoms with Gasteiger partial charge in [0.25, 0.3) is 0 Å². The van der Waals surface area contributed by atoms with Crippen molar-refractivity contribution in [3.05, 3.63) is 54.1 Å². The molecule has 1 saturated heterocycles. The first-order valence-electron chi connectivity index (χ1n) is 25.2. The van der Waals surface area contributed by atoms with Crippen molar-refractivity contribution < 1.29 is 24.2 Å². The van der Waals surface area contributed by atoms with Crippen LogP contribution in [0.5, 0.6) is 5.75 Å². The summed E-state index contributed by atoms with van der Waals surface area (Å²) in [6, 6.07) is 16.2. The summed E-state index contributed by atoms with van der Waals surface area (Å²) in [6.45, 7) is 7.49. The van der Waals surface area contributed by atoms with Gasteiger partial charge in [0.1, 0.15) is 11.4 Å². The molecule has 0 spiro atoms. The molecule has 5 nitrogen and oxygen atoms in total. The number of cyclic esters (lactones) is 1. The van der Waals surface area contributed by atoms with Gasteiger partial charge in [0.15, 0.2) is 0 Å². The van der Waals surface area contributed by atoms with Gasteiger partial charge in [-0.3, -0.25) is 9.59 Å². The van der Waals surface area contributed by atoms with Crippen LogP contribution in [0.1, 0.15) is 244 Å². The number of benzene rings is 2. The fraction of sp³-hybridized carbons (Fsp3) is 0.741. The Bertz CT molecular complexity index is 1330.